The summed E-state index contributed by atoms with van der Waals surface area (Å²) in [5.41, 5.74) is 3.00. The Hall–Kier alpha value is -3.29. The van der Waals surface area contributed by atoms with Crippen LogP contribution in [0.5, 0.6) is 11.5 Å². The maximum absolute atomic E-state index is 5.41. The maximum atomic E-state index is 5.41. The number of methoxy groups -OCH3 is 2. The number of benzene rings is 1. The molecule has 32 heavy (non-hydrogen) atoms. The molecule has 1 N–H and O–H groups in total. The van der Waals surface area contributed by atoms with Crippen molar-refractivity contribution in [3.63, 3.8) is 0 Å². The van der Waals surface area contributed by atoms with Crippen molar-refractivity contribution in [2.24, 2.45) is 5.92 Å². The molecular formula is C24H30N6O2. The molecule has 2 aromatic heterocycles. The van der Waals surface area contributed by atoms with Crippen LogP contribution in [0.2, 0.25) is 0 Å². The summed E-state index contributed by atoms with van der Waals surface area (Å²) in [6, 6.07) is 9.93. The van der Waals surface area contributed by atoms with Crippen molar-refractivity contribution in [3.8, 4) is 17.2 Å². The van der Waals surface area contributed by atoms with Crippen LogP contribution in [0, 0.1) is 5.92 Å². The average Bonchev–Trinajstić information content (AvgIpc) is 3.58. The van der Waals surface area contributed by atoms with E-state index < -0.39 is 0 Å². The monoisotopic (exact) mass is 434 g/mol. The molecule has 1 aromatic carbocycles. The molecular weight excluding hydrogens is 404 g/mol. The van der Waals surface area contributed by atoms with Gasteiger partial charge in [-0.25, -0.2) is 9.67 Å². The molecule has 5 rings (SSSR count). The van der Waals surface area contributed by atoms with Gasteiger partial charge in [-0.3, -0.25) is 0 Å². The number of ether oxygens (including phenoxy) is 2. The van der Waals surface area contributed by atoms with Crippen molar-refractivity contribution in [1.82, 2.24) is 19.7 Å². The van der Waals surface area contributed by atoms with Crippen molar-refractivity contribution in [1.29, 1.82) is 0 Å². The van der Waals surface area contributed by atoms with E-state index in [2.05, 4.69) is 39.4 Å². The van der Waals surface area contributed by atoms with Gasteiger partial charge >= 0.3 is 0 Å². The highest BCUT2D eigenvalue weighted by molar-refractivity contribution is 5.61. The van der Waals surface area contributed by atoms with Gasteiger partial charge in [0.2, 0.25) is 5.95 Å². The molecule has 1 saturated carbocycles. The zero-order chi connectivity index (χ0) is 22.1. The third-order valence-electron chi connectivity index (χ3n) is 6.31. The largest absolute Gasteiger partial charge is 0.493 e. The third-order valence-corrected chi connectivity index (χ3v) is 6.31. The van der Waals surface area contributed by atoms with Gasteiger partial charge in [0.1, 0.15) is 12.1 Å². The SMILES string of the molecule is COc1ccc(-n2cnc(Nc3cc(C4CC4)nc(N4CCC(C)CC4)c3)n2)cc1OC. The van der Waals surface area contributed by atoms with Crippen LogP contribution in [-0.4, -0.2) is 47.1 Å². The number of anilines is 3. The van der Waals surface area contributed by atoms with E-state index in [4.69, 9.17) is 14.5 Å². The highest BCUT2D eigenvalue weighted by Crippen LogP contribution is 2.41. The fourth-order valence-electron chi connectivity index (χ4n) is 4.14. The Balaban J connectivity index is 1.38. The van der Waals surface area contributed by atoms with Gasteiger partial charge < -0.3 is 19.7 Å². The minimum Gasteiger partial charge on any atom is -0.493 e. The Kier molecular flexibility index (Phi) is 5.59. The van der Waals surface area contributed by atoms with Crippen LogP contribution in [0.1, 0.15) is 44.2 Å². The molecule has 0 atom stereocenters. The van der Waals surface area contributed by atoms with Gasteiger partial charge in [-0.05, 0) is 49.8 Å². The van der Waals surface area contributed by atoms with E-state index in [1.165, 1.54) is 31.4 Å². The highest BCUT2D eigenvalue weighted by atomic mass is 16.5. The van der Waals surface area contributed by atoms with E-state index in [0.29, 0.717) is 23.4 Å². The van der Waals surface area contributed by atoms with Crippen molar-refractivity contribution in [2.75, 3.05) is 37.5 Å². The molecule has 1 saturated heterocycles. The summed E-state index contributed by atoms with van der Waals surface area (Å²) in [7, 11) is 3.25. The lowest BCUT2D eigenvalue weighted by Gasteiger charge is -2.31. The van der Waals surface area contributed by atoms with Crippen LogP contribution >= 0.6 is 0 Å². The summed E-state index contributed by atoms with van der Waals surface area (Å²) >= 11 is 0. The number of nitrogens with zero attached hydrogens (tertiary/aromatic N) is 5. The van der Waals surface area contributed by atoms with Crippen LogP contribution in [-0.2, 0) is 0 Å². The number of nitrogens with one attached hydrogen (secondary N) is 1. The predicted molar refractivity (Wildman–Crippen MR) is 125 cm³/mol. The number of hydrogen-bond acceptors (Lipinski definition) is 7. The van der Waals surface area contributed by atoms with Crippen molar-refractivity contribution in [2.45, 2.75) is 38.5 Å². The molecule has 2 aliphatic rings. The van der Waals surface area contributed by atoms with Crippen LogP contribution in [0.3, 0.4) is 0 Å². The Morgan fingerprint density at radius 1 is 0.969 bits per heavy atom. The van der Waals surface area contributed by atoms with E-state index in [9.17, 15) is 0 Å². The van der Waals surface area contributed by atoms with E-state index >= 15 is 0 Å². The first-order chi connectivity index (χ1) is 15.6. The molecule has 3 heterocycles. The summed E-state index contributed by atoms with van der Waals surface area (Å²) < 4.78 is 12.4. The first kappa shape index (κ1) is 20.6. The molecule has 8 heteroatoms. The molecule has 0 bridgehead atoms. The van der Waals surface area contributed by atoms with Gasteiger partial charge in [-0.2, -0.15) is 4.98 Å². The van der Waals surface area contributed by atoms with Crippen molar-refractivity contribution >= 4 is 17.5 Å². The van der Waals surface area contributed by atoms with Gasteiger partial charge in [0, 0.05) is 42.5 Å². The second-order valence-electron chi connectivity index (χ2n) is 8.76. The number of pyridine rings is 1. The number of rotatable bonds is 7. The summed E-state index contributed by atoms with van der Waals surface area (Å²) in [5, 5.41) is 8.00. The number of hydrogen-bond donors (Lipinski definition) is 1. The Bertz CT molecular complexity index is 1090. The molecule has 8 nitrogen and oxygen atoms in total. The second-order valence-corrected chi connectivity index (χ2v) is 8.76. The van der Waals surface area contributed by atoms with Gasteiger partial charge in [-0.15, -0.1) is 5.10 Å². The summed E-state index contributed by atoms with van der Waals surface area (Å²) in [5.74, 6) is 4.31. The molecule has 0 radical (unpaired) electrons. The van der Waals surface area contributed by atoms with Gasteiger partial charge in [0.05, 0.1) is 19.9 Å². The van der Waals surface area contributed by atoms with Crippen LogP contribution in [0.25, 0.3) is 5.69 Å². The third kappa shape index (κ3) is 4.35. The van der Waals surface area contributed by atoms with Gasteiger partial charge in [-0.1, -0.05) is 6.92 Å². The summed E-state index contributed by atoms with van der Waals surface area (Å²) in [4.78, 5) is 11.9. The topological polar surface area (TPSA) is 77.3 Å². The molecule has 1 aliphatic carbocycles. The average molecular weight is 435 g/mol. The Labute approximate surface area is 188 Å². The van der Waals surface area contributed by atoms with Crippen LogP contribution in [0.4, 0.5) is 17.5 Å². The zero-order valence-electron chi connectivity index (χ0n) is 18.9. The minimum atomic E-state index is 0.547. The van der Waals surface area contributed by atoms with Crippen molar-refractivity contribution < 1.29 is 9.47 Å². The van der Waals surface area contributed by atoms with Gasteiger partial charge in [0.25, 0.3) is 0 Å². The first-order valence-corrected chi connectivity index (χ1v) is 11.3. The lowest BCUT2D eigenvalue weighted by Crippen LogP contribution is -2.33. The Morgan fingerprint density at radius 2 is 1.75 bits per heavy atom. The molecule has 3 aromatic rings. The fourth-order valence-corrected chi connectivity index (χ4v) is 4.14. The lowest BCUT2D eigenvalue weighted by molar-refractivity contribution is 0.354. The fraction of sp³-hybridized carbons (Fsp3) is 0.458. The highest BCUT2D eigenvalue weighted by Gasteiger charge is 2.27. The van der Waals surface area contributed by atoms with E-state index in [1.54, 1.807) is 25.2 Å². The number of piperidine rings is 1. The molecule has 168 valence electrons. The first-order valence-electron chi connectivity index (χ1n) is 11.3. The molecule has 0 spiro atoms. The molecule has 0 amide bonds. The lowest BCUT2D eigenvalue weighted by atomic mass is 9.99. The maximum Gasteiger partial charge on any atom is 0.246 e. The van der Waals surface area contributed by atoms with Gasteiger partial charge in [0.15, 0.2) is 11.5 Å². The van der Waals surface area contributed by atoms with Crippen LogP contribution < -0.4 is 19.7 Å². The predicted octanol–water partition coefficient (Wildman–Crippen LogP) is 4.54. The minimum absolute atomic E-state index is 0.547. The second kappa shape index (κ2) is 8.68. The summed E-state index contributed by atoms with van der Waals surface area (Å²) in [6.45, 7) is 4.46. The Morgan fingerprint density at radius 3 is 2.47 bits per heavy atom. The van der Waals surface area contributed by atoms with Crippen LogP contribution in [0.15, 0.2) is 36.7 Å². The zero-order valence-corrected chi connectivity index (χ0v) is 18.9. The molecule has 2 fully saturated rings. The smallest absolute Gasteiger partial charge is 0.246 e. The number of aromatic nitrogens is 4. The van der Waals surface area contributed by atoms with Crippen molar-refractivity contribution in [3.05, 3.63) is 42.4 Å². The standard InChI is InChI=1S/C24H30N6O2/c1-16-8-10-29(11-9-16)23-13-18(12-20(27-23)17-4-5-17)26-24-25-15-30(28-24)19-6-7-21(31-2)22(14-19)32-3/h6-7,12-17H,4-5,8-11H2,1-3H3,(H,26,27,28). The molecule has 1 aliphatic heterocycles. The quantitative estimate of drug-likeness (QED) is 0.585. The van der Waals surface area contributed by atoms with E-state index in [-0.39, 0.29) is 0 Å². The summed E-state index contributed by atoms with van der Waals surface area (Å²) in [6.07, 6.45) is 6.57. The molecule has 0 unspecified atom stereocenters. The normalized spacial score (nSPS) is 16.8. The van der Waals surface area contributed by atoms with E-state index in [0.717, 1.165) is 36.2 Å². The van der Waals surface area contributed by atoms with E-state index in [1.807, 2.05) is 18.2 Å².